The van der Waals surface area contributed by atoms with E-state index in [0.717, 1.165) is 33.9 Å². The summed E-state index contributed by atoms with van der Waals surface area (Å²) in [6.45, 7) is 2.08. The van der Waals surface area contributed by atoms with Crippen molar-refractivity contribution in [2.24, 2.45) is 0 Å². The predicted molar refractivity (Wildman–Crippen MR) is 70.6 cm³/mol. The summed E-state index contributed by atoms with van der Waals surface area (Å²) in [6, 6.07) is 4.12. The fourth-order valence-electron chi connectivity index (χ4n) is 2.48. The Labute approximate surface area is 103 Å². The summed E-state index contributed by atoms with van der Waals surface area (Å²) in [5, 5.41) is 1.10. The second-order valence-corrected chi connectivity index (χ2v) is 5.23. The fraction of sp³-hybridized carbons (Fsp3) is 0.308. The third kappa shape index (κ3) is 1.27. The van der Waals surface area contributed by atoms with Crippen molar-refractivity contribution in [1.82, 2.24) is 4.98 Å². The Hall–Kier alpha value is -1.09. The van der Waals surface area contributed by atoms with Crippen molar-refractivity contribution in [2.75, 3.05) is 5.73 Å². The molecule has 0 fully saturated rings. The highest BCUT2D eigenvalue weighted by Crippen LogP contribution is 2.34. The molecule has 2 N–H and O–H groups in total. The fourth-order valence-corrected chi connectivity index (χ4v) is 2.80. The van der Waals surface area contributed by atoms with E-state index >= 15 is 0 Å². The molecule has 1 aromatic carbocycles. The van der Waals surface area contributed by atoms with E-state index in [9.17, 15) is 0 Å². The summed E-state index contributed by atoms with van der Waals surface area (Å²) in [4.78, 5) is 4.77. The molecule has 0 aliphatic heterocycles. The van der Waals surface area contributed by atoms with Crippen LogP contribution in [-0.4, -0.2) is 4.98 Å². The first kappa shape index (κ1) is 10.1. The molecule has 3 heteroatoms. The van der Waals surface area contributed by atoms with Crippen LogP contribution in [0.3, 0.4) is 0 Å². The number of nitrogen functional groups attached to an aromatic ring is 1. The number of benzene rings is 1. The lowest BCUT2D eigenvalue weighted by Gasteiger charge is -2.10. The number of halogens is 1. The summed E-state index contributed by atoms with van der Waals surface area (Å²) in [6.07, 6.45) is 3.34. The molecular formula is C13H13BrN2. The Bertz CT molecular complexity index is 590. The number of fused-ring (bicyclic) bond motifs is 2. The number of rotatable bonds is 0. The van der Waals surface area contributed by atoms with Gasteiger partial charge in [-0.3, -0.25) is 4.98 Å². The molecule has 0 amide bonds. The van der Waals surface area contributed by atoms with Crippen molar-refractivity contribution in [2.45, 2.75) is 26.2 Å². The van der Waals surface area contributed by atoms with Gasteiger partial charge in [0.2, 0.25) is 0 Å². The van der Waals surface area contributed by atoms with Crippen molar-refractivity contribution in [3.8, 4) is 0 Å². The van der Waals surface area contributed by atoms with Crippen LogP contribution in [0.2, 0.25) is 0 Å². The lowest BCUT2D eigenvalue weighted by molar-refractivity contribution is 0.901. The standard InChI is InChI=1S/C13H13BrN2/c1-7-10(14)6-5-9-12(15)8-3-2-4-11(8)16-13(7)9/h5-6H,2-4H2,1H3,(H2,15,16). The second-order valence-electron chi connectivity index (χ2n) is 4.37. The van der Waals surface area contributed by atoms with E-state index in [-0.39, 0.29) is 0 Å². The lowest BCUT2D eigenvalue weighted by Crippen LogP contribution is -1.99. The van der Waals surface area contributed by atoms with Crippen LogP contribution in [0.4, 0.5) is 5.69 Å². The van der Waals surface area contributed by atoms with Crippen LogP contribution >= 0.6 is 15.9 Å². The van der Waals surface area contributed by atoms with Gasteiger partial charge >= 0.3 is 0 Å². The summed E-state index contributed by atoms with van der Waals surface area (Å²) >= 11 is 3.54. The van der Waals surface area contributed by atoms with Gasteiger partial charge in [0.1, 0.15) is 0 Å². The van der Waals surface area contributed by atoms with E-state index in [1.165, 1.54) is 23.2 Å². The van der Waals surface area contributed by atoms with Gasteiger partial charge in [0.25, 0.3) is 0 Å². The van der Waals surface area contributed by atoms with E-state index in [1.807, 2.05) is 0 Å². The lowest BCUT2D eigenvalue weighted by atomic mass is 10.0. The molecule has 1 aromatic heterocycles. The minimum absolute atomic E-state index is 0.938. The quantitative estimate of drug-likeness (QED) is 0.801. The Morgan fingerprint density at radius 1 is 1.31 bits per heavy atom. The first-order valence-corrected chi connectivity index (χ1v) is 6.34. The smallest absolute Gasteiger partial charge is 0.0766 e. The minimum atomic E-state index is 0.938. The highest BCUT2D eigenvalue weighted by molar-refractivity contribution is 9.10. The van der Waals surface area contributed by atoms with Gasteiger partial charge in [-0.2, -0.15) is 0 Å². The molecule has 0 bridgehead atoms. The molecule has 0 atom stereocenters. The van der Waals surface area contributed by atoms with Gasteiger partial charge in [-0.15, -0.1) is 0 Å². The number of nitrogens with two attached hydrogens (primary N) is 1. The maximum Gasteiger partial charge on any atom is 0.0766 e. The highest BCUT2D eigenvalue weighted by Gasteiger charge is 2.18. The molecule has 1 heterocycles. The minimum Gasteiger partial charge on any atom is -0.398 e. The molecule has 3 rings (SSSR count). The number of hydrogen-bond acceptors (Lipinski definition) is 2. The molecule has 16 heavy (non-hydrogen) atoms. The molecular weight excluding hydrogens is 264 g/mol. The van der Waals surface area contributed by atoms with Crippen LogP contribution in [0.15, 0.2) is 16.6 Å². The number of aryl methyl sites for hydroxylation is 2. The average molecular weight is 277 g/mol. The van der Waals surface area contributed by atoms with Crippen LogP contribution in [0, 0.1) is 6.92 Å². The highest BCUT2D eigenvalue weighted by atomic mass is 79.9. The SMILES string of the molecule is Cc1c(Br)ccc2c(N)c3c(nc12)CCC3. The molecule has 2 aromatic rings. The molecule has 0 saturated carbocycles. The number of hydrogen-bond donors (Lipinski definition) is 1. The second kappa shape index (κ2) is 3.45. The van der Waals surface area contributed by atoms with E-state index in [1.54, 1.807) is 0 Å². The van der Waals surface area contributed by atoms with Gasteiger partial charge in [-0.1, -0.05) is 15.9 Å². The van der Waals surface area contributed by atoms with Crippen LogP contribution in [0.5, 0.6) is 0 Å². The Morgan fingerprint density at radius 3 is 2.94 bits per heavy atom. The molecule has 1 aliphatic carbocycles. The predicted octanol–water partition coefficient (Wildman–Crippen LogP) is 3.38. The molecule has 0 saturated heterocycles. The molecule has 0 unspecified atom stereocenters. The molecule has 0 radical (unpaired) electrons. The molecule has 0 spiro atoms. The van der Waals surface area contributed by atoms with Crippen molar-refractivity contribution in [1.29, 1.82) is 0 Å². The van der Waals surface area contributed by atoms with Crippen molar-refractivity contribution >= 4 is 32.5 Å². The molecule has 1 aliphatic rings. The van der Waals surface area contributed by atoms with Crippen LogP contribution in [-0.2, 0) is 12.8 Å². The van der Waals surface area contributed by atoms with Crippen LogP contribution in [0.1, 0.15) is 23.2 Å². The van der Waals surface area contributed by atoms with E-state index < -0.39 is 0 Å². The van der Waals surface area contributed by atoms with Crippen molar-refractivity contribution in [3.63, 3.8) is 0 Å². The topological polar surface area (TPSA) is 38.9 Å². The largest absolute Gasteiger partial charge is 0.398 e. The van der Waals surface area contributed by atoms with Gasteiger partial charge in [-0.05, 0) is 49.4 Å². The van der Waals surface area contributed by atoms with Crippen LogP contribution < -0.4 is 5.73 Å². The number of pyridine rings is 1. The maximum absolute atomic E-state index is 6.23. The number of aromatic nitrogens is 1. The summed E-state index contributed by atoms with van der Waals surface area (Å²) in [5.41, 5.74) is 11.9. The third-order valence-corrected chi connectivity index (χ3v) is 4.27. The monoisotopic (exact) mass is 276 g/mol. The zero-order valence-electron chi connectivity index (χ0n) is 9.18. The first-order chi connectivity index (χ1) is 7.68. The number of nitrogens with zero attached hydrogens (tertiary/aromatic N) is 1. The zero-order chi connectivity index (χ0) is 11.3. The number of anilines is 1. The zero-order valence-corrected chi connectivity index (χ0v) is 10.8. The van der Waals surface area contributed by atoms with E-state index in [4.69, 9.17) is 10.7 Å². The molecule has 2 nitrogen and oxygen atoms in total. The Balaban J connectivity index is 2.46. The molecule has 82 valence electrons. The Morgan fingerprint density at radius 2 is 2.12 bits per heavy atom. The normalized spacial score (nSPS) is 14.4. The first-order valence-electron chi connectivity index (χ1n) is 5.54. The summed E-state index contributed by atoms with van der Waals surface area (Å²) in [7, 11) is 0. The van der Waals surface area contributed by atoms with Gasteiger partial charge in [0, 0.05) is 21.2 Å². The Kier molecular flexibility index (Phi) is 2.18. The van der Waals surface area contributed by atoms with Gasteiger partial charge < -0.3 is 5.73 Å². The van der Waals surface area contributed by atoms with Gasteiger partial charge in [0.05, 0.1) is 5.52 Å². The maximum atomic E-state index is 6.23. The third-order valence-electron chi connectivity index (χ3n) is 3.42. The summed E-state index contributed by atoms with van der Waals surface area (Å²) in [5.74, 6) is 0. The van der Waals surface area contributed by atoms with Crippen molar-refractivity contribution < 1.29 is 0 Å². The van der Waals surface area contributed by atoms with E-state index in [0.29, 0.717) is 0 Å². The van der Waals surface area contributed by atoms with E-state index in [2.05, 4.69) is 35.0 Å². The van der Waals surface area contributed by atoms with Gasteiger partial charge in [-0.25, -0.2) is 0 Å². The van der Waals surface area contributed by atoms with Gasteiger partial charge in [0.15, 0.2) is 0 Å². The van der Waals surface area contributed by atoms with Crippen molar-refractivity contribution in [3.05, 3.63) is 33.4 Å². The average Bonchev–Trinajstić information content (AvgIpc) is 2.73. The summed E-state index contributed by atoms with van der Waals surface area (Å²) < 4.78 is 1.10. The van der Waals surface area contributed by atoms with Crippen LogP contribution in [0.25, 0.3) is 10.9 Å².